The predicted molar refractivity (Wildman–Crippen MR) is 136 cm³/mol. The molecule has 0 heterocycles. The first-order valence-corrected chi connectivity index (χ1v) is 11.8. The van der Waals surface area contributed by atoms with Gasteiger partial charge < -0.3 is 25.4 Å². The van der Waals surface area contributed by atoms with E-state index in [1.807, 2.05) is 66.0 Å². The molecule has 1 atom stereocenters. The molecular formula is C27H29ClN3O5+. The smallest absolute Gasteiger partial charge is 0.407 e. The zero-order chi connectivity index (χ0) is 25.8. The van der Waals surface area contributed by atoms with Crippen molar-refractivity contribution in [2.75, 3.05) is 25.5 Å². The minimum absolute atomic E-state index is 0.0460. The van der Waals surface area contributed by atoms with Crippen LogP contribution in [-0.2, 0) is 25.7 Å². The van der Waals surface area contributed by atoms with Crippen LogP contribution in [0.3, 0.4) is 0 Å². The maximum Gasteiger partial charge on any atom is 0.407 e. The summed E-state index contributed by atoms with van der Waals surface area (Å²) >= 11 is 6.29. The van der Waals surface area contributed by atoms with Crippen LogP contribution >= 0.6 is 11.6 Å². The van der Waals surface area contributed by atoms with Crippen molar-refractivity contribution in [1.82, 2.24) is 5.32 Å². The fraction of sp³-hybridized carbons (Fsp3) is 0.222. The Balaban J connectivity index is 1.62. The summed E-state index contributed by atoms with van der Waals surface area (Å²) in [6.45, 7) is 0.347. The van der Waals surface area contributed by atoms with Crippen LogP contribution in [0.1, 0.15) is 29.2 Å². The number of hydrogen-bond donors (Lipinski definition) is 3. The number of carbonyl (C=O) groups is 3. The molecule has 188 valence electrons. The molecule has 0 aromatic heterocycles. The fourth-order valence-electron chi connectivity index (χ4n) is 3.57. The van der Waals surface area contributed by atoms with E-state index in [-0.39, 0.29) is 44.0 Å². The van der Waals surface area contributed by atoms with Crippen molar-refractivity contribution in [3.63, 3.8) is 0 Å². The Morgan fingerprint density at radius 3 is 2.36 bits per heavy atom. The highest BCUT2D eigenvalue weighted by molar-refractivity contribution is 6.30. The molecule has 36 heavy (non-hydrogen) atoms. The molecule has 0 aliphatic heterocycles. The summed E-state index contributed by atoms with van der Waals surface area (Å²) in [5, 5.41) is 7.80. The van der Waals surface area contributed by atoms with Gasteiger partial charge in [-0.15, -0.1) is 0 Å². The number of quaternary nitrogens is 1. The number of methoxy groups -OCH3 is 1. The first kappa shape index (κ1) is 26.7. The quantitative estimate of drug-likeness (QED) is 0.342. The van der Waals surface area contributed by atoms with E-state index < -0.39 is 6.09 Å². The van der Waals surface area contributed by atoms with Gasteiger partial charge in [0.25, 0.3) is 0 Å². The number of nitrogens with two attached hydrogens (primary N) is 1. The number of amides is 2. The minimum Gasteiger partial charge on any atom is -0.465 e. The molecule has 0 unspecified atom stereocenters. The van der Waals surface area contributed by atoms with Crippen LogP contribution in [0.5, 0.6) is 0 Å². The first-order chi connectivity index (χ1) is 17.5. The largest absolute Gasteiger partial charge is 0.465 e. The standard InChI is InChI=1S/C27H28ClN3O5/c1-35-25(33)17-30-26(20-10-6-3-7-11-20)22-16-21(28)12-13-23(22)31-24(32)14-15-29-27(34)36-18-19-8-4-2-5-9-19/h2-13,16,26,30H,14-15,17-18H2,1H3,(H,29,34)(H,31,32)/p+1/t26-/m1/s1. The van der Waals surface area contributed by atoms with Gasteiger partial charge in [-0.05, 0) is 23.8 Å². The monoisotopic (exact) mass is 510 g/mol. The Bertz CT molecular complexity index is 1160. The second-order valence-corrected chi connectivity index (χ2v) is 8.36. The number of halogens is 1. The summed E-state index contributed by atoms with van der Waals surface area (Å²) in [7, 11) is 1.34. The van der Waals surface area contributed by atoms with Crippen LogP contribution in [0.25, 0.3) is 0 Å². The SMILES string of the molecule is COC(=O)C[NH2+][C@H](c1ccccc1)c1cc(Cl)ccc1NC(=O)CCNC(=O)OCc1ccccc1. The van der Waals surface area contributed by atoms with E-state index >= 15 is 0 Å². The van der Waals surface area contributed by atoms with Crippen LogP contribution in [0, 0.1) is 0 Å². The number of nitrogens with one attached hydrogen (secondary N) is 2. The summed E-state index contributed by atoms with van der Waals surface area (Å²) < 4.78 is 9.94. The summed E-state index contributed by atoms with van der Waals surface area (Å²) in [5.74, 6) is -0.657. The highest BCUT2D eigenvalue weighted by atomic mass is 35.5. The van der Waals surface area contributed by atoms with Gasteiger partial charge in [-0.3, -0.25) is 4.79 Å². The Morgan fingerprint density at radius 1 is 0.972 bits per heavy atom. The average molecular weight is 511 g/mol. The van der Waals surface area contributed by atoms with E-state index in [9.17, 15) is 14.4 Å². The first-order valence-electron chi connectivity index (χ1n) is 11.4. The van der Waals surface area contributed by atoms with Crippen LogP contribution in [0.4, 0.5) is 10.5 Å². The molecule has 9 heteroatoms. The second-order valence-electron chi connectivity index (χ2n) is 7.92. The Kier molecular flexibility index (Phi) is 10.3. The average Bonchev–Trinajstić information content (AvgIpc) is 2.90. The zero-order valence-corrected chi connectivity index (χ0v) is 20.7. The lowest BCUT2D eigenvalue weighted by Gasteiger charge is -2.20. The number of anilines is 1. The number of carbonyl (C=O) groups excluding carboxylic acids is 3. The minimum atomic E-state index is -0.597. The molecule has 3 rings (SSSR count). The topological polar surface area (TPSA) is 110 Å². The van der Waals surface area contributed by atoms with Gasteiger partial charge in [0.15, 0.2) is 6.54 Å². The summed E-state index contributed by atoms with van der Waals surface area (Å²) in [6.07, 6.45) is -0.551. The number of hydrogen-bond acceptors (Lipinski definition) is 5. The van der Waals surface area contributed by atoms with E-state index in [1.165, 1.54) is 7.11 Å². The molecule has 2 amide bonds. The highest BCUT2D eigenvalue weighted by Gasteiger charge is 2.23. The lowest BCUT2D eigenvalue weighted by atomic mass is 9.97. The van der Waals surface area contributed by atoms with Crippen molar-refractivity contribution in [3.05, 3.63) is 101 Å². The van der Waals surface area contributed by atoms with Gasteiger partial charge in [-0.1, -0.05) is 72.3 Å². The molecule has 8 nitrogen and oxygen atoms in total. The molecule has 0 saturated carbocycles. The van der Waals surface area contributed by atoms with Crippen molar-refractivity contribution in [3.8, 4) is 0 Å². The van der Waals surface area contributed by atoms with Gasteiger partial charge in [-0.2, -0.15) is 0 Å². The third-order valence-corrected chi connectivity index (χ3v) is 5.60. The van der Waals surface area contributed by atoms with Crippen LogP contribution in [0.15, 0.2) is 78.9 Å². The summed E-state index contributed by atoms with van der Waals surface area (Å²) in [5.41, 5.74) is 3.10. The Hall–Kier alpha value is -3.88. The molecule has 0 aliphatic carbocycles. The van der Waals surface area contributed by atoms with Crippen molar-refractivity contribution >= 4 is 35.3 Å². The van der Waals surface area contributed by atoms with Crippen molar-refractivity contribution in [2.24, 2.45) is 0 Å². The van der Waals surface area contributed by atoms with E-state index in [0.717, 1.165) is 16.7 Å². The lowest BCUT2D eigenvalue weighted by Crippen LogP contribution is -2.87. The normalized spacial score (nSPS) is 11.3. The lowest BCUT2D eigenvalue weighted by molar-refractivity contribution is -0.677. The van der Waals surface area contributed by atoms with Crippen molar-refractivity contribution in [1.29, 1.82) is 0 Å². The molecular weight excluding hydrogens is 482 g/mol. The maximum absolute atomic E-state index is 12.7. The second kappa shape index (κ2) is 13.9. The number of alkyl carbamates (subject to hydrolysis) is 1. The van der Waals surface area contributed by atoms with Gasteiger partial charge in [-0.25, -0.2) is 9.59 Å². The van der Waals surface area contributed by atoms with Gasteiger partial charge in [0.2, 0.25) is 5.91 Å². The predicted octanol–water partition coefficient (Wildman–Crippen LogP) is 3.42. The third kappa shape index (κ3) is 8.41. The van der Waals surface area contributed by atoms with E-state index in [4.69, 9.17) is 21.1 Å². The maximum atomic E-state index is 12.7. The molecule has 3 aromatic rings. The number of esters is 1. The molecule has 0 saturated heterocycles. The van der Waals surface area contributed by atoms with E-state index in [2.05, 4.69) is 10.6 Å². The van der Waals surface area contributed by atoms with Crippen LogP contribution in [0.2, 0.25) is 5.02 Å². The number of rotatable bonds is 11. The molecule has 3 aromatic carbocycles. The molecule has 0 bridgehead atoms. The van der Waals surface area contributed by atoms with E-state index in [1.54, 1.807) is 18.2 Å². The van der Waals surface area contributed by atoms with Gasteiger partial charge >= 0.3 is 12.1 Å². The number of ether oxygens (including phenoxy) is 2. The van der Waals surface area contributed by atoms with Gasteiger partial charge in [0, 0.05) is 29.1 Å². The third-order valence-electron chi connectivity index (χ3n) is 5.36. The zero-order valence-electron chi connectivity index (χ0n) is 19.9. The molecule has 0 aliphatic rings. The molecule has 0 spiro atoms. The summed E-state index contributed by atoms with van der Waals surface area (Å²) in [6, 6.07) is 23.8. The van der Waals surface area contributed by atoms with Gasteiger partial charge in [0.1, 0.15) is 12.6 Å². The van der Waals surface area contributed by atoms with Gasteiger partial charge in [0.05, 0.1) is 12.8 Å². The van der Waals surface area contributed by atoms with Crippen molar-refractivity contribution < 1.29 is 29.2 Å². The Labute approximate surface area is 214 Å². The number of benzene rings is 3. The fourth-order valence-corrected chi connectivity index (χ4v) is 3.75. The summed E-state index contributed by atoms with van der Waals surface area (Å²) in [4.78, 5) is 36.4. The molecule has 0 radical (unpaired) electrons. The molecule has 4 N–H and O–H groups in total. The van der Waals surface area contributed by atoms with Crippen molar-refractivity contribution in [2.45, 2.75) is 19.1 Å². The van der Waals surface area contributed by atoms with Crippen LogP contribution < -0.4 is 16.0 Å². The molecule has 0 fully saturated rings. The Morgan fingerprint density at radius 2 is 1.67 bits per heavy atom. The highest BCUT2D eigenvalue weighted by Crippen LogP contribution is 2.29. The van der Waals surface area contributed by atoms with E-state index in [0.29, 0.717) is 10.7 Å². The van der Waals surface area contributed by atoms with Crippen LogP contribution in [-0.4, -0.2) is 38.2 Å².